The van der Waals surface area contributed by atoms with Gasteiger partial charge in [-0.1, -0.05) is 30.3 Å². The van der Waals surface area contributed by atoms with E-state index in [-0.39, 0.29) is 19.2 Å². The molecule has 0 fully saturated rings. The first kappa shape index (κ1) is 12.0. The third-order valence-corrected chi connectivity index (χ3v) is 2.46. The van der Waals surface area contributed by atoms with Crippen molar-refractivity contribution in [3.05, 3.63) is 35.9 Å². The summed E-state index contributed by atoms with van der Waals surface area (Å²) in [4.78, 5) is 19.6. The number of hydrogen-bond donors (Lipinski definition) is 1. The summed E-state index contributed by atoms with van der Waals surface area (Å²) in [7, 11) is -2.56. The van der Waals surface area contributed by atoms with E-state index in [9.17, 15) is 9.36 Å². The number of carbonyl (C=O) groups is 1. The standard InChI is InChI=1S/C10H13O4P/c11-10(6-7-15(12)13)14-8-9-4-2-1-3-5-9/h1-5,15H,6-8H2,(H,12,13). The Bertz CT molecular complexity index is 337. The van der Waals surface area contributed by atoms with E-state index in [4.69, 9.17) is 9.63 Å². The summed E-state index contributed by atoms with van der Waals surface area (Å²) in [6.07, 6.45) is -0.000576. The highest BCUT2D eigenvalue weighted by Gasteiger charge is 2.04. The predicted molar refractivity (Wildman–Crippen MR) is 56.9 cm³/mol. The lowest BCUT2D eigenvalue weighted by atomic mass is 10.2. The van der Waals surface area contributed by atoms with Crippen LogP contribution in [0.2, 0.25) is 0 Å². The number of hydrogen-bond acceptors (Lipinski definition) is 3. The van der Waals surface area contributed by atoms with Gasteiger partial charge >= 0.3 is 5.97 Å². The molecule has 0 aliphatic rings. The van der Waals surface area contributed by atoms with Crippen molar-refractivity contribution in [2.24, 2.45) is 0 Å². The lowest BCUT2D eigenvalue weighted by molar-refractivity contribution is -0.144. The summed E-state index contributed by atoms with van der Waals surface area (Å²) in [6, 6.07) is 9.29. The van der Waals surface area contributed by atoms with Crippen LogP contribution < -0.4 is 0 Å². The molecule has 0 radical (unpaired) electrons. The maximum absolute atomic E-state index is 11.1. The fourth-order valence-electron chi connectivity index (χ4n) is 1.02. The molecule has 0 saturated heterocycles. The second kappa shape index (κ2) is 6.38. The van der Waals surface area contributed by atoms with E-state index in [1.807, 2.05) is 30.3 Å². The van der Waals surface area contributed by atoms with E-state index >= 15 is 0 Å². The van der Waals surface area contributed by atoms with Gasteiger partial charge < -0.3 is 9.63 Å². The van der Waals surface area contributed by atoms with Crippen LogP contribution in [0.25, 0.3) is 0 Å². The molecule has 0 heterocycles. The first-order valence-electron chi connectivity index (χ1n) is 4.60. The highest BCUT2D eigenvalue weighted by Crippen LogP contribution is 2.14. The Kier molecular flexibility index (Phi) is 5.08. The Morgan fingerprint density at radius 1 is 1.33 bits per heavy atom. The molecule has 0 aliphatic carbocycles. The van der Waals surface area contributed by atoms with Crippen molar-refractivity contribution < 1.29 is 19.0 Å². The largest absolute Gasteiger partial charge is 0.461 e. The quantitative estimate of drug-likeness (QED) is 0.614. The first-order valence-corrected chi connectivity index (χ1v) is 6.16. The van der Waals surface area contributed by atoms with Crippen molar-refractivity contribution in [1.82, 2.24) is 0 Å². The van der Waals surface area contributed by atoms with E-state index in [0.717, 1.165) is 5.56 Å². The van der Waals surface area contributed by atoms with Gasteiger partial charge in [0.05, 0.1) is 6.42 Å². The number of benzene rings is 1. The van der Waals surface area contributed by atoms with Gasteiger partial charge in [-0.2, -0.15) is 0 Å². The average molecular weight is 228 g/mol. The van der Waals surface area contributed by atoms with Gasteiger partial charge in [-0.3, -0.25) is 9.36 Å². The van der Waals surface area contributed by atoms with Crippen molar-refractivity contribution in [2.75, 3.05) is 6.16 Å². The topological polar surface area (TPSA) is 63.6 Å². The molecule has 82 valence electrons. The van der Waals surface area contributed by atoms with Crippen LogP contribution >= 0.6 is 8.03 Å². The van der Waals surface area contributed by atoms with E-state index in [0.29, 0.717) is 0 Å². The monoisotopic (exact) mass is 228 g/mol. The molecule has 0 saturated carbocycles. The summed E-state index contributed by atoms with van der Waals surface area (Å²) >= 11 is 0. The zero-order valence-electron chi connectivity index (χ0n) is 8.18. The van der Waals surface area contributed by atoms with Crippen LogP contribution in [0.5, 0.6) is 0 Å². The Hall–Kier alpha value is -1.12. The second-order valence-corrected chi connectivity index (χ2v) is 4.33. The van der Waals surface area contributed by atoms with Gasteiger partial charge in [-0.25, -0.2) is 0 Å². The molecule has 1 N–H and O–H groups in total. The summed E-state index contributed by atoms with van der Waals surface area (Å²) in [5.74, 6) is -0.439. The molecule has 5 heteroatoms. The normalized spacial score (nSPS) is 12.1. The Morgan fingerprint density at radius 3 is 2.60 bits per heavy atom. The third kappa shape index (κ3) is 5.35. The molecule has 1 rings (SSSR count). The minimum absolute atomic E-state index is 0.00112. The minimum atomic E-state index is -2.56. The molecule has 0 aliphatic heterocycles. The van der Waals surface area contributed by atoms with Crippen LogP contribution in [-0.4, -0.2) is 17.0 Å². The van der Waals surface area contributed by atoms with Crippen molar-refractivity contribution in [1.29, 1.82) is 0 Å². The van der Waals surface area contributed by atoms with Crippen molar-refractivity contribution in [2.45, 2.75) is 13.0 Å². The summed E-state index contributed by atoms with van der Waals surface area (Å²) < 4.78 is 15.3. The summed E-state index contributed by atoms with van der Waals surface area (Å²) in [6.45, 7) is 0.214. The van der Waals surface area contributed by atoms with E-state index < -0.39 is 14.0 Å². The number of esters is 1. The SMILES string of the molecule is O=C(CC[PH](=O)O)OCc1ccccc1. The van der Waals surface area contributed by atoms with Crippen LogP contribution in [0, 0.1) is 0 Å². The van der Waals surface area contributed by atoms with Gasteiger partial charge in [0.1, 0.15) is 6.61 Å². The zero-order chi connectivity index (χ0) is 11.1. The molecule has 0 spiro atoms. The van der Waals surface area contributed by atoms with Crippen LogP contribution in [0.3, 0.4) is 0 Å². The average Bonchev–Trinajstić information content (AvgIpc) is 2.25. The molecule has 0 bridgehead atoms. The Labute approximate surface area is 88.8 Å². The van der Waals surface area contributed by atoms with Gasteiger partial charge in [0.25, 0.3) is 0 Å². The number of carbonyl (C=O) groups excluding carboxylic acids is 1. The van der Waals surface area contributed by atoms with Gasteiger partial charge in [0.15, 0.2) is 8.03 Å². The second-order valence-electron chi connectivity index (χ2n) is 3.04. The molecular formula is C10H13O4P. The molecule has 4 nitrogen and oxygen atoms in total. The summed E-state index contributed by atoms with van der Waals surface area (Å²) in [5, 5.41) is 0. The molecule has 0 aromatic heterocycles. The summed E-state index contributed by atoms with van der Waals surface area (Å²) in [5.41, 5.74) is 0.905. The number of rotatable bonds is 5. The molecular weight excluding hydrogens is 215 g/mol. The fraction of sp³-hybridized carbons (Fsp3) is 0.300. The first-order chi connectivity index (χ1) is 7.18. The number of ether oxygens (including phenoxy) is 1. The predicted octanol–water partition coefficient (Wildman–Crippen LogP) is 1.59. The molecule has 1 aromatic rings. The lowest BCUT2D eigenvalue weighted by Crippen LogP contribution is -2.05. The Morgan fingerprint density at radius 2 is 2.00 bits per heavy atom. The van der Waals surface area contributed by atoms with E-state index in [2.05, 4.69) is 0 Å². The van der Waals surface area contributed by atoms with Gasteiger partial charge in [-0.15, -0.1) is 0 Å². The molecule has 0 amide bonds. The van der Waals surface area contributed by atoms with Crippen LogP contribution in [0.15, 0.2) is 30.3 Å². The Balaban J connectivity index is 2.26. The molecule has 1 atom stereocenters. The fourth-order valence-corrected chi connectivity index (χ4v) is 1.44. The highest BCUT2D eigenvalue weighted by molar-refractivity contribution is 7.38. The van der Waals surface area contributed by atoms with Crippen molar-refractivity contribution >= 4 is 14.0 Å². The van der Waals surface area contributed by atoms with Gasteiger partial charge in [-0.05, 0) is 5.56 Å². The van der Waals surface area contributed by atoms with E-state index in [1.165, 1.54) is 0 Å². The van der Waals surface area contributed by atoms with Crippen LogP contribution in [0.1, 0.15) is 12.0 Å². The van der Waals surface area contributed by atoms with E-state index in [1.54, 1.807) is 0 Å². The maximum Gasteiger partial charge on any atom is 0.306 e. The third-order valence-electron chi connectivity index (χ3n) is 1.79. The smallest absolute Gasteiger partial charge is 0.306 e. The lowest BCUT2D eigenvalue weighted by Gasteiger charge is -2.03. The molecule has 1 aromatic carbocycles. The maximum atomic E-state index is 11.1. The van der Waals surface area contributed by atoms with Crippen molar-refractivity contribution in [3.8, 4) is 0 Å². The molecule has 1 unspecified atom stereocenters. The minimum Gasteiger partial charge on any atom is -0.461 e. The van der Waals surface area contributed by atoms with Crippen LogP contribution in [0.4, 0.5) is 0 Å². The van der Waals surface area contributed by atoms with Gasteiger partial charge in [0.2, 0.25) is 0 Å². The molecule has 15 heavy (non-hydrogen) atoms. The highest BCUT2D eigenvalue weighted by atomic mass is 31.1. The zero-order valence-corrected chi connectivity index (χ0v) is 9.18. The van der Waals surface area contributed by atoms with Crippen molar-refractivity contribution in [3.63, 3.8) is 0 Å². The van der Waals surface area contributed by atoms with Gasteiger partial charge in [0, 0.05) is 6.16 Å². The van der Waals surface area contributed by atoms with Crippen LogP contribution in [-0.2, 0) is 20.7 Å².